The molecule has 158 valence electrons. The lowest BCUT2D eigenvalue weighted by molar-refractivity contribution is -0.123. The largest absolute Gasteiger partial charge is 0.484 e. The summed E-state index contributed by atoms with van der Waals surface area (Å²) in [6.45, 7) is 2.21. The third-order valence-corrected chi connectivity index (χ3v) is 4.56. The number of hydrogen-bond acceptors (Lipinski definition) is 4. The number of benzene rings is 2. The lowest BCUT2D eigenvalue weighted by Gasteiger charge is -2.17. The van der Waals surface area contributed by atoms with Crippen LogP contribution >= 0.6 is 0 Å². The summed E-state index contributed by atoms with van der Waals surface area (Å²) >= 11 is 0. The molecule has 1 atom stereocenters. The zero-order valence-corrected chi connectivity index (χ0v) is 16.3. The fraction of sp³-hybridized carbons (Fsp3) is 0.286. The second-order valence-electron chi connectivity index (χ2n) is 6.76. The molecule has 2 aromatic rings. The van der Waals surface area contributed by atoms with E-state index < -0.39 is 23.5 Å². The van der Waals surface area contributed by atoms with Gasteiger partial charge in [-0.15, -0.1) is 0 Å². The molecule has 1 heterocycles. The number of rotatable bonds is 7. The lowest BCUT2D eigenvalue weighted by Crippen LogP contribution is -2.28. The summed E-state index contributed by atoms with van der Waals surface area (Å²) in [5, 5.41) is 5.32. The van der Waals surface area contributed by atoms with Gasteiger partial charge in [0.2, 0.25) is 11.8 Å². The van der Waals surface area contributed by atoms with Crippen molar-refractivity contribution in [3.05, 3.63) is 54.1 Å². The zero-order chi connectivity index (χ0) is 21.7. The molecule has 3 rings (SSSR count). The highest BCUT2D eigenvalue weighted by Gasteiger charge is 2.36. The molecule has 0 aromatic heterocycles. The molecule has 30 heavy (non-hydrogen) atoms. The summed E-state index contributed by atoms with van der Waals surface area (Å²) in [5.41, 5.74) is 0.439. The molecule has 7 nitrogen and oxygen atoms in total. The smallest absolute Gasteiger partial charge is 0.257 e. The molecule has 0 spiro atoms. The van der Waals surface area contributed by atoms with Gasteiger partial charge in [-0.2, -0.15) is 0 Å². The van der Waals surface area contributed by atoms with Crippen molar-refractivity contribution in [3.63, 3.8) is 0 Å². The average molecular weight is 417 g/mol. The summed E-state index contributed by atoms with van der Waals surface area (Å²) in [5.74, 6) is -2.82. The maximum Gasteiger partial charge on any atom is 0.257 e. The number of carbonyl (C=O) groups excluding carboxylic acids is 3. The van der Waals surface area contributed by atoms with Crippen molar-refractivity contribution in [3.8, 4) is 5.75 Å². The highest BCUT2D eigenvalue weighted by atomic mass is 19.1. The van der Waals surface area contributed by atoms with Crippen LogP contribution in [0.2, 0.25) is 0 Å². The normalized spacial score (nSPS) is 15.8. The molecule has 0 radical (unpaired) electrons. The first kappa shape index (κ1) is 21.2. The fourth-order valence-corrected chi connectivity index (χ4v) is 3.09. The molecular formula is C21H21F2N3O4. The standard InChI is InChI=1S/C21H21F2N3O4/c1-2-24-19(27)12-30-16-6-4-15(5-7-16)25-21(29)13-9-20(28)26(11-13)18-8-3-14(22)10-17(18)23/h3-8,10,13H,2,9,11-12H2,1H3,(H,24,27)(H,25,29). The molecule has 0 aliphatic carbocycles. The van der Waals surface area contributed by atoms with Crippen molar-refractivity contribution in [2.24, 2.45) is 5.92 Å². The number of nitrogens with one attached hydrogen (secondary N) is 2. The van der Waals surface area contributed by atoms with Gasteiger partial charge in [0.15, 0.2) is 6.61 Å². The van der Waals surface area contributed by atoms with Gasteiger partial charge in [-0.25, -0.2) is 8.78 Å². The van der Waals surface area contributed by atoms with Crippen LogP contribution < -0.4 is 20.3 Å². The summed E-state index contributed by atoms with van der Waals surface area (Å²) in [6, 6.07) is 9.38. The first-order valence-electron chi connectivity index (χ1n) is 9.43. The molecule has 1 aliphatic rings. The van der Waals surface area contributed by atoms with E-state index in [0.29, 0.717) is 24.0 Å². The van der Waals surface area contributed by atoms with Crippen molar-refractivity contribution in [1.29, 1.82) is 0 Å². The summed E-state index contributed by atoms with van der Waals surface area (Å²) in [7, 11) is 0. The minimum absolute atomic E-state index is 0.000946. The summed E-state index contributed by atoms with van der Waals surface area (Å²) in [6.07, 6.45) is -0.0730. The number of nitrogens with zero attached hydrogens (tertiary/aromatic N) is 1. The molecule has 0 bridgehead atoms. The van der Waals surface area contributed by atoms with E-state index in [4.69, 9.17) is 4.74 Å². The number of ether oxygens (including phenoxy) is 1. The Bertz CT molecular complexity index is 950. The molecule has 1 aliphatic heterocycles. The maximum absolute atomic E-state index is 14.0. The van der Waals surface area contributed by atoms with Gasteiger partial charge in [-0.05, 0) is 43.3 Å². The molecule has 3 amide bonds. The SMILES string of the molecule is CCNC(=O)COc1ccc(NC(=O)C2CC(=O)N(c3ccc(F)cc3F)C2)cc1. The van der Waals surface area contributed by atoms with Crippen molar-refractivity contribution in [2.75, 3.05) is 29.9 Å². The van der Waals surface area contributed by atoms with E-state index in [2.05, 4.69) is 10.6 Å². The number of hydrogen-bond donors (Lipinski definition) is 2. The fourth-order valence-electron chi connectivity index (χ4n) is 3.09. The Morgan fingerprint density at radius 2 is 1.90 bits per heavy atom. The first-order chi connectivity index (χ1) is 14.4. The Balaban J connectivity index is 1.57. The van der Waals surface area contributed by atoms with Gasteiger partial charge < -0.3 is 20.3 Å². The van der Waals surface area contributed by atoms with Gasteiger partial charge in [0.1, 0.15) is 17.4 Å². The molecule has 1 saturated heterocycles. The molecule has 9 heteroatoms. The third kappa shape index (κ3) is 5.11. The van der Waals surface area contributed by atoms with E-state index in [-0.39, 0.29) is 37.1 Å². The molecule has 2 N–H and O–H groups in total. The van der Waals surface area contributed by atoms with E-state index in [1.165, 1.54) is 6.07 Å². The van der Waals surface area contributed by atoms with Crippen molar-refractivity contribution < 1.29 is 27.9 Å². The van der Waals surface area contributed by atoms with E-state index in [1.807, 2.05) is 6.92 Å². The highest BCUT2D eigenvalue weighted by molar-refractivity contribution is 6.03. The molecule has 0 saturated carbocycles. The van der Waals surface area contributed by atoms with E-state index in [9.17, 15) is 23.2 Å². The van der Waals surface area contributed by atoms with Gasteiger partial charge in [0, 0.05) is 31.3 Å². The highest BCUT2D eigenvalue weighted by Crippen LogP contribution is 2.28. The van der Waals surface area contributed by atoms with Crippen LogP contribution in [0.1, 0.15) is 13.3 Å². The van der Waals surface area contributed by atoms with Gasteiger partial charge in [0.25, 0.3) is 5.91 Å². The van der Waals surface area contributed by atoms with Crippen molar-refractivity contribution in [2.45, 2.75) is 13.3 Å². The van der Waals surface area contributed by atoms with Gasteiger partial charge >= 0.3 is 0 Å². The number of carbonyl (C=O) groups is 3. The van der Waals surface area contributed by atoms with Crippen molar-refractivity contribution in [1.82, 2.24) is 5.32 Å². The Kier molecular flexibility index (Phi) is 6.61. The summed E-state index contributed by atoms with van der Waals surface area (Å²) < 4.78 is 32.4. The zero-order valence-electron chi connectivity index (χ0n) is 16.3. The van der Waals surface area contributed by atoms with Crippen LogP contribution in [0, 0.1) is 17.6 Å². The quantitative estimate of drug-likeness (QED) is 0.725. The Labute approximate surface area is 172 Å². The molecule has 2 aromatic carbocycles. The Morgan fingerprint density at radius 3 is 2.57 bits per heavy atom. The second kappa shape index (κ2) is 9.34. The van der Waals surface area contributed by atoms with E-state index >= 15 is 0 Å². The topological polar surface area (TPSA) is 87.7 Å². The average Bonchev–Trinajstić information content (AvgIpc) is 3.09. The molecule has 1 fully saturated rings. The Hall–Kier alpha value is -3.49. The number of halogens is 2. The van der Waals surface area contributed by atoms with Gasteiger partial charge in [0.05, 0.1) is 11.6 Å². The minimum Gasteiger partial charge on any atom is -0.484 e. The van der Waals surface area contributed by atoms with Crippen molar-refractivity contribution >= 4 is 29.1 Å². The Morgan fingerprint density at radius 1 is 1.17 bits per heavy atom. The van der Waals surface area contributed by atoms with E-state index in [1.54, 1.807) is 24.3 Å². The first-order valence-corrected chi connectivity index (χ1v) is 9.43. The van der Waals surface area contributed by atoms with Gasteiger partial charge in [-0.3, -0.25) is 14.4 Å². The van der Waals surface area contributed by atoms with Crippen LogP contribution in [-0.2, 0) is 14.4 Å². The third-order valence-electron chi connectivity index (χ3n) is 4.56. The van der Waals surface area contributed by atoms with Crippen LogP contribution in [0.5, 0.6) is 5.75 Å². The number of anilines is 2. The van der Waals surface area contributed by atoms with Crippen LogP contribution in [-0.4, -0.2) is 37.4 Å². The van der Waals surface area contributed by atoms with Crippen LogP contribution in [0.4, 0.5) is 20.2 Å². The number of likely N-dealkylation sites (N-methyl/N-ethyl adjacent to an activating group) is 1. The number of amides is 3. The van der Waals surface area contributed by atoms with E-state index in [0.717, 1.165) is 11.0 Å². The van der Waals surface area contributed by atoms with Crippen LogP contribution in [0.3, 0.4) is 0 Å². The van der Waals surface area contributed by atoms with Crippen LogP contribution in [0.15, 0.2) is 42.5 Å². The van der Waals surface area contributed by atoms with Crippen LogP contribution in [0.25, 0.3) is 0 Å². The second-order valence-corrected chi connectivity index (χ2v) is 6.76. The maximum atomic E-state index is 14.0. The predicted molar refractivity (Wildman–Crippen MR) is 106 cm³/mol. The van der Waals surface area contributed by atoms with Gasteiger partial charge in [-0.1, -0.05) is 0 Å². The molecule has 1 unspecified atom stereocenters. The lowest BCUT2D eigenvalue weighted by atomic mass is 10.1. The predicted octanol–water partition coefficient (Wildman–Crippen LogP) is 2.47. The summed E-state index contributed by atoms with van der Waals surface area (Å²) in [4.78, 5) is 37.3. The minimum atomic E-state index is -0.854. The molecular weight excluding hydrogens is 396 g/mol. The monoisotopic (exact) mass is 417 g/mol.